The van der Waals surface area contributed by atoms with Crippen LogP contribution in [0.15, 0.2) is 6.07 Å². The molecule has 8 nitrogen and oxygen atoms in total. The van der Waals surface area contributed by atoms with Crippen molar-refractivity contribution in [3.05, 3.63) is 28.7 Å². The van der Waals surface area contributed by atoms with Crippen LogP contribution in [0.1, 0.15) is 68.2 Å². The van der Waals surface area contributed by atoms with Gasteiger partial charge in [-0.2, -0.15) is 5.10 Å². The monoisotopic (exact) mass is 367 g/mol. The number of nitrogens with zero attached hydrogens (tertiary/aromatic N) is 3. The van der Waals surface area contributed by atoms with E-state index in [0.717, 1.165) is 17.0 Å². The van der Waals surface area contributed by atoms with Crippen molar-refractivity contribution in [2.75, 3.05) is 13.2 Å². The Balaban J connectivity index is 0.000000772. The van der Waals surface area contributed by atoms with Crippen LogP contribution >= 0.6 is 0 Å². The molecule has 8 heteroatoms. The summed E-state index contributed by atoms with van der Waals surface area (Å²) in [5.41, 5.74) is 3.02. The normalized spacial score (nSPS) is 10.8. The van der Waals surface area contributed by atoms with Gasteiger partial charge in [-0.3, -0.25) is 4.79 Å². The van der Waals surface area contributed by atoms with E-state index in [9.17, 15) is 14.7 Å². The quantitative estimate of drug-likeness (QED) is 0.640. The third kappa shape index (κ3) is 6.11. The van der Waals surface area contributed by atoms with Crippen molar-refractivity contribution in [2.24, 2.45) is 0 Å². The molecule has 146 valence electrons. The lowest BCUT2D eigenvalue weighted by atomic mass is 10.1. The summed E-state index contributed by atoms with van der Waals surface area (Å²) in [7, 11) is 0. The van der Waals surface area contributed by atoms with Crippen molar-refractivity contribution in [3.8, 4) is 0 Å². The Morgan fingerprint density at radius 2 is 1.92 bits per heavy atom. The first-order valence-corrected chi connectivity index (χ1v) is 8.64. The van der Waals surface area contributed by atoms with Crippen molar-refractivity contribution in [2.45, 2.75) is 54.6 Å². The molecule has 2 aromatic rings. The molecule has 2 heterocycles. The van der Waals surface area contributed by atoms with E-state index in [1.807, 2.05) is 27.7 Å². The van der Waals surface area contributed by atoms with Gasteiger partial charge in [-0.25, -0.2) is 14.3 Å². The maximum atomic E-state index is 11.7. The molecule has 0 aromatic carbocycles. The van der Waals surface area contributed by atoms with Crippen LogP contribution in [0.2, 0.25) is 0 Å². The summed E-state index contributed by atoms with van der Waals surface area (Å²) in [6.45, 7) is 14.1. The van der Waals surface area contributed by atoms with Gasteiger partial charge in [-0.1, -0.05) is 13.8 Å². The molecule has 0 bridgehead atoms. The second kappa shape index (κ2) is 12.0. The Labute approximate surface area is 154 Å². The molecule has 0 spiro atoms. The first kappa shape index (κ1) is 23.5. The lowest BCUT2D eigenvalue weighted by Crippen LogP contribution is -2.09. The van der Waals surface area contributed by atoms with Gasteiger partial charge in [0, 0.05) is 23.0 Å². The summed E-state index contributed by atoms with van der Waals surface area (Å²) in [6, 6.07) is 1.59. The zero-order valence-electron chi connectivity index (χ0n) is 16.6. The number of aliphatic hydroxyl groups is 1. The number of esters is 1. The molecule has 2 aromatic heterocycles. The summed E-state index contributed by atoms with van der Waals surface area (Å²) in [5, 5.41) is 14.0. The highest BCUT2D eigenvalue weighted by Gasteiger charge is 2.18. The Kier molecular flexibility index (Phi) is 10.8. The van der Waals surface area contributed by atoms with Gasteiger partial charge >= 0.3 is 5.97 Å². The summed E-state index contributed by atoms with van der Waals surface area (Å²) in [5.74, 6) is -0.469. The highest BCUT2D eigenvalue weighted by molar-refractivity contribution is 5.88. The Morgan fingerprint density at radius 3 is 2.35 bits per heavy atom. The Hall–Kier alpha value is -2.48. The first-order valence-electron chi connectivity index (χ1n) is 8.64. The lowest BCUT2D eigenvalue weighted by Gasteiger charge is -2.12. The smallest absolute Gasteiger partial charge is 0.358 e. The average Bonchev–Trinajstić information content (AvgIpc) is 3.02. The number of fused-ring (bicyclic) bond motifs is 1. The number of carbonyl (C=O) groups excluding carboxylic acids is 2. The minimum Gasteiger partial charge on any atom is -0.468 e. The third-order valence-electron chi connectivity index (χ3n) is 3.21. The SMILES string of the molecule is CC.CCOC(=O)c1cc2nc(C)c(C(C)O)c(C)n2n1.CCOC=O. The molecule has 0 saturated heterocycles. The highest BCUT2D eigenvalue weighted by Crippen LogP contribution is 2.21. The summed E-state index contributed by atoms with van der Waals surface area (Å²) < 4.78 is 10.6. The molecule has 0 aliphatic heterocycles. The summed E-state index contributed by atoms with van der Waals surface area (Å²) >= 11 is 0. The van der Waals surface area contributed by atoms with Crippen LogP contribution in [-0.2, 0) is 14.3 Å². The fourth-order valence-electron chi connectivity index (χ4n) is 2.28. The molecule has 0 amide bonds. The van der Waals surface area contributed by atoms with Gasteiger partial charge in [0.15, 0.2) is 11.3 Å². The second-order valence-electron chi connectivity index (χ2n) is 4.94. The van der Waals surface area contributed by atoms with E-state index >= 15 is 0 Å². The van der Waals surface area contributed by atoms with E-state index in [2.05, 4.69) is 14.8 Å². The molecule has 1 N–H and O–H groups in total. The first-order chi connectivity index (χ1) is 12.4. The van der Waals surface area contributed by atoms with E-state index in [1.165, 1.54) is 0 Å². The van der Waals surface area contributed by atoms with Crippen molar-refractivity contribution in [1.82, 2.24) is 14.6 Å². The molecule has 0 aliphatic rings. The largest absolute Gasteiger partial charge is 0.468 e. The van der Waals surface area contributed by atoms with E-state index in [4.69, 9.17) is 4.74 Å². The lowest BCUT2D eigenvalue weighted by molar-refractivity contribution is -0.128. The van der Waals surface area contributed by atoms with Gasteiger partial charge < -0.3 is 14.6 Å². The van der Waals surface area contributed by atoms with Crippen LogP contribution in [0.4, 0.5) is 0 Å². The standard InChI is InChI=1S/C13H17N3O3.C3H6O2.C2H6/c1-5-19-13(18)10-6-11-14-7(2)12(9(4)17)8(3)16(11)15-10;1-2-5-3-4;1-2/h6,9,17H,5H2,1-4H3;3H,2H2,1H3;1-2H3. The number of aryl methyl sites for hydroxylation is 2. The van der Waals surface area contributed by atoms with Gasteiger partial charge in [0.1, 0.15) is 0 Å². The summed E-state index contributed by atoms with van der Waals surface area (Å²) in [4.78, 5) is 25.2. The number of ether oxygens (including phenoxy) is 2. The fourth-order valence-corrected chi connectivity index (χ4v) is 2.28. The Morgan fingerprint density at radius 1 is 1.31 bits per heavy atom. The number of hydrogen-bond donors (Lipinski definition) is 1. The maximum Gasteiger partial charge on any atom is 0.358 e. The molecular formula is C18H29N3O5. The van der Waals surface area contributed by atoms with Crippen molar-refractivity contribution in [3.63, 3.8) is 0 Å². The van der Waals surface area contributed by atoms with Gasteiger partial charge in [-0.05, 0) is 34.6 Å². The topological polar surface area (TPSA) is 103 Å². The molecule has 0 saturated carbocycles. The van der Waals surface area contributed by atoms with Crippen LogP contribution in [0.3, 0.4) is 0 Å². The van der Waals surface area contributed by atoms with Gasteiger partial charge in [0.2, 0.25) is 0 Å². The number of hydrogen-bond acceptors (Lipinski definition) is 7. The van der Waals surface area contributed by atoms with Crippen molar-refractivity contribution in [1.29, 1.82) is 0 Å². The fraction of sp³-hybridized carbons (Fsp3) is 0.556. The average molecular weight is 367 g/mol. The van der Waals surface area contributed by atoms with Crippen LogP contribution < -0.4 is 0 Å². The molecule has 0 radical (unpaired) electrons. The molecule has 26 heavy (non-hydrogen) atoms. The van der Waals surface area contributed by atoms with Crippen molar-refractivity contribution < 1.29 is 24.2 Å². The third-order valence-corrected chi connectivity index (χ3v) is 3.21. The molecule has 1 unspecified atom stereocenters. The molecule has 0 aliphatic carbocycles. The zero-order valence-corrected chi connectivity index (χ0v) is 16.6. The Bertz CT molecular complexity index is 710. The van der Waals surface area contributed by atoms with Gasteiger partial charge in [0.25, 0.3) is 6.47 Å². The van der Waals surface area contributed by atoms with Crippen LogP contribution in [0.5, 0.6) is 0 Å². The molecule has 2 rings (SSSR count). The number of carbonyl (C=O) groups is 2. The number of rotatable bonds is 5. The predicted molar refractivity (Wildman–Crippen MR) is 98.1 cm³/mol. The molecular weight excluding hydrogens is 338 g/mol. The van der Waals surface area contributed by atoms with Gasteiger partial charge in [-0.15, -0.1) is 0 Å². The van der Waals surface area contributed by atoms with E-state index in [1.54, 1.807) is 31.4 Å². The minimum absolute atomic E-state index is 0.222. The highest BCUT2D eigenvalue weighted by atomic mass is 16.5. The summed E-state index contributed by atoms with van der Waals surface area (Å²) in [6.07, 6.45) is -0.632. The zero-order chi connectivity index (χ0) is 20.3. The number of aliphatic hydroxyl groups excluding tert-OH is 1. The van der Waals surface area contributed by atoms with E-state index in [0.29, 0.717) is 25.3 Å². The van der Waals surface area contributed by atoms with Crippen molar-refractivity contribution >= 4 is 18.1 Å². The van der Waals surface area contributed by atoms with E-state index in [-0.39, 0.29) is 5.69 Å². The van der Waals surface area contributed by atoms with Gasteiger partial charge in [0.05, 0.1) is 19.3 Å². The van der Waals surface area contributed by atoms with Crippen LogP contribution in [0.25, 0.3) is 5.65 Å². The molecule has 1 atom stereocenters. The second-order valence-corrected chi connectivity index (χ2v) is 4.94. The number of aromatic nitrogens is 3. The van der Waals surface area contributed by atoms with Crippen LogP contribution in [0, 0.1) is 13.8 Å². The predicted octanol–water partition coefficient (Wildman–Crippen LogP) is 2.78. The molecule has 0 fully saturated rings. The van der Waals surface area contributed by atoms with Crippen LogP contribution in [-0.4, -0.2) is 45.4 Å². The minimum atomic E-state index is -0.632. The maximum absolute atomic E-state index is 11.7. The van der Waals surface area contributed by atoms with E-state index < -0.39 is 12.1 Å².